The second kappa shape index (κ2) is 8.38. The van der Waals surface area contributed by atoms with Gasteiger partial charge in [-0.2, -0.15) is 0 Å². The van der Waals surface area contributed by atoms with Crippen LogP contribution in [0.1, 0.15) is 56.1 Å². The largest absolute Gasteiger partial charge is 0.444 e. The number of carbonyl (C=O) groups is 3. The zero-order valence-corrected chi connectivity index (χ0v) is 17.9. The number of amides is 3. The number of nitrogens with two attached hydrogens (primary N) is 1. The molecule has 1 fully saturated rings. The van der Waals surface area contributed by atoms with E-state index in [1.807, 2.05) is 31.2 Å². The lowest BCUT2D eigenvalue weighted by Crippen LogP contribution is -2.56. The first-order valence-electron chi connectivity index (χ1n) is 10.2. The van der Waals surface area contributed by atoms with Crippen molar-refractivity contribution in [1.82, 2.24) is 15.6 Å². The van der Waals surface area contributed by atoms with Crippen LogP contribution >= 0.6 is 0 Å². The maximum Gasteiger partial charge on any atom is 0.407 e. The average molecular weight is 415 g/mol. The molecule has 0 radical (unpaired) electrons. The van der Waals surface area contributed by atoms with Gasteiger partial charge in [-0.25, -0.2) is 4.79 Å². The number of aromatic amines is 1. The van der Waals surface area contributed by atoms with Crippen molar-refractivity contribution in [2.24, 2.45) is 11.7 Å². The molecule has 0 saturated heterocycles. The number of hydrogen-bond acceptors (Lipinski definition) is 4. The third-order valence-electron chi connectivity index (χ3n) is 5.29. The predicted octanol–water partition coefficient (Wildman–Crippen LogP) is 2.75. The van der Waals surface area contributed by atoms with Gasteiger partial charge in [-0.1, -0.05) is 11.6 Å². The van der Waals surface area contributed by atoms with Crippen LogP contribution in [0.2, 0.25) is 0 Å². The Balaban J connectivity index is 1.73. The van der Waals surface area contributed by atoms with Crippen LogP contribution in [0.15, 0.2) is 24.3 Å². The Hall–Kier alpha value is -3.03. The van der Waals surface area contributed by atoms with Gasteiger partial charge in [0.2, 0.25) is 5.91 Å². The predicted molar refractivity (Wildman–Crippen MR) is 114 cm³/mol. The molecule has 1 saturated carbocycles. The summed E-state index contributed by atoms with van der Waals surface area (Å²) >= 11 is 0. The van der Waals surface area contributed by atoms with Gasteiger partial charge in [0.1, 0.15) is 11.3 Å². The van der Waals surface area contributed by atoms with E-state index in [0.29, 0.717) is 25.0 Å². The number of H-pyrrole nitrogens is 1. The minimum atomic E-state index is -0.650. The number of fused-ring (bicyclic) bond motifs is 1. The maximum atomic E-state index is 12.9. The molecule has 162 valence electrons. The molecule has 0 bridgehead atoms. The highest BCUT2D eigenvalue weighted by Crippen LogP contribution is 2.26. The number of nitrogens with one attached hydrogen (secondary N) is 3. The van der Waals surface area contributed by atoms with Gasteiger partial charge in [0, 0.05) is 22.9 Å². The van der Waals surface area contributed by atoms with E-state index in [2.05, 4.69) is 15.6 Å². The third kappa shape index (κ3) is 5.31. The van der Waals surface area contributed by atoms with Crippen LogP contribution in [0.3, 0.4) is 0 Å². The second-order valence-electron chi connectivity index (χ2n) is 9.02. The molecule has 0 unspecified atom stereocenters. The molecule has 1 aromatic heterocycles. The second-order valence-corrected chi connectivity index (χ2v) is 9.02. The SMILES string of the molecule is Cc1ccc2[nH]c(C(=O)N[C@H]3CC[C@H](C(N)=O)C[C@H]3NC(=O)OC(C)(C)C)cc2c1. The first kappa shape index (κ1) is 21.7. The van der Waals surface area contributed by atoms with Crippen molar-refractivity contribution in [2.75, 3.05) is 0 Å². The lowest BCUT2D eigenvalue weighted by molar-refractivity contribution is -0.123. The van der Waals surface area contributed by atoms with Crippen LogP contribution in [-0.4, -0.2) is 40.6 Å². The summed E-state index contributed by atoms with van der Waals surface area (Å²) in [5, 5.41) is 6.76. The highest BCUT2D eigenvalue weighted by Gasteiger charge is 2.36. The molecule has 0 spiro atoms. The summed E-state index contributed by atoms with van der Waals surface area (Å²) in [4.78, 5) is 40.0. The van der Waals surface area contributed by atoms with E-state index >= 15 is 0 Å². The molecule has 3 rings (SSSR count). The lowest BCUT2D eigenvalue weighted by atomic mass is 9.82. The standard InChI is InChI=1S/C22H30N4O4/c1-12-5-7-15-14(9-12)11-18(24-15)20(28)25-16-8-6-13(19(23)27)10-17(16)26-21(29)30-22(2,3)4/h5,7,9,11,13,16-17,24H,6,8,10H2,1-4H3,(H2,23,27)(H,25,28)(H,26,29)/t13-,16-,17+/m0/s1. The Morgan fingerprint density at radius 1 is 1.10 bits per heavy atom. The van der Waals surface area contributed by atoms with E-state index < -0.39 is 23.6 Å². The van der Waals surface area contributed by atoms with Crippen LogP contribution in [-0.2, 0) is 9.53 Å². The third-order valence-corrected chi connectivity index (χ3v) is 5.29. The van der Waals surface area contributed by atoms with Crippen molar-refractivity contribution in [2.45, 2.75) is 64.6 Å². The molecule has 1 heterocycles. The van der Waals surface area contributed by atoms with Crippen LogP contribution in [0.5, 0.6) is 0 Å². The molecule has 2 aromatic rings. The molecule has 8 nitrogen and oxygen atoms in total. The van der Waals surface area contributed by atoms with E-state index in [-0.39, 0.29) is 17.9 Å². The first-order chi connectivity index (χ1) is 14.0. The van der Waals surface area contributed by atoms with Gasteiger partial charge in [0.25, 0.3) is 5.91 Å². The van der Waals surface area contributed by atoms with Gasteiger partial charge in [-0.05, 0) is 65.2 Å². The van der Waals surface area contributed by atoms with Gasteiger partial charge in [0.05, 0.1) is 6.04 Å². The molecule has 0 aliphatic heterocycles. The topological polar surface area (TPSA) is 126 Å². The highest BCUT2D eigenvalue weighted by atomic mass is 16.6. The normalized spacial score (nSPS) is 21.8. The summed E-state index contributed by atoms with van der Waals surface area (Å²) in [6.45, 7) is 7.32. The van der Waals surface area contributed by atoms with Gasteiger partial charge < -0.3 is 26.1 Å². The Morgan fingerprint density at radius 3 is 2.50 bits per heavy atom. The minimum Gasteiger partial charge on any atom is -0.444 e. The van der Waals surface area contributed by atoms with Crippen LogP contribution in [0, 0.1) is 12.8 Å². The monoisotopic (exact) mass is 414 g/mol. The van der Waals surface area contributed by atoms with E-state index in [9.17, 15) is 14.4 Å². The number of carbonyl (C=O) groups excluding carboxylic acids is 3. The quantitative estimate of drug-likeness (QED) is 0.613. The number of benzene rings is 1. The zero-order valence-electron chi connectivity index (χ0n) is 17.9. The van der Waals surface area contributed by atoms with Crippen molar-refractivity contribution in [3.63, 3.8) is 0 Å². The Kier molecular flexibility index (Phi) is 6.05. The number of rotatable bonds is 4. The summed E-state index contributed by atoms with van der Waals surface area (Å²) < 4.78 is 5.34. The highest BCUT2D eigenvalue weighted by molar-refractivity contribution is 5.98. The number of aromatic nitrogens is 1. The Labute approximate surface area is 175 Å². The molecule has 1 aliphatic rings. The van der Waals surface area contributed by atoms with E-state index in [4.69, 9.17) is 10.5 Å². The van der Waals surface area contributed by atoms with Crippen LogP contribution in [0.25, 0.3) is 10.9 Å². The zero-order chi connectivity index (χ0) is 22.1. The molecule has 8 heteroatoms. The Bertz CT molecular complexity index is 960. The first-order valence-corrected chi connectivity index (χ1v) is 10.2. The molecule has 3 amide bonds. The Morgan fingerprint density at radius 2 is 1.83 bits per heavy atom. The maximum absolute atomic E-state index is 12.9. The summed E-state index contributed by atoms with van der Waals surface area (Å²) in [7, 11) is 0. The summed E-state index contributed by atoms with van der Waals surface area (Å²) in [6, 6.07) is 6.94. The molecular formula is C22H30N4O4. The smallest absolute Gasteiger partial charge is 0.407 e. The number of aryl methyl sites for hydroxylation is 1. The van der Waals surface area contributed by atoms with Crippen LogP contribution < -0.4 is 16.4 Å². The van der Waals surface area contributed by atoms with Crippen LogP contribution in [0.4, 0.5) is 4.79 Å². The van der Waals surface area contributed by atoms with Crippen molar-refractivity contribution < 1.29 is 19.1 Å². The molecule has 3 atom stereocenters. The van der Waals surface area contributed by atoms with Gasteiger partial charge in [-0.3, -0.25) is 9.59 Å². The lowest BCUT2D eigenvalue weighted by Gasteiger charge is -2.36. The minimum absolute atomic E-state index is 0.262. The molecule has 30 heavy (non-hydrogen) atoms. The van der Waals surface area contributed by atoms with Gasteiger partial charge in [-0.15, -0.1) is 0 Å². The fraction of sp³-hybridized carbons (Fsp3) is 0.500. The summed E-state index contributed by atoms with van der Waals surface area (Å²) in [5.41, 5.74) is 7.27. The van der Waals surface area contributed by atoms with Crippen molar-refractivity contribution in [1.29, 1.82) is 0 Å². The van der Waals surface area contributed by atoms with Crippen molar-refractivity contribution >= 4 is 28.8 Å². The van der Waals surface area contributed by atoms with Gasteiger partial charge >= 0.3 is 6.09 Å². The summed E-state index contributed by atoms with van der Waals surface area (Å²) in [6.07, 6.45) is 0.849. The van der Waals surface area contributed by atoms with E-state index in [1.165, 1.54) is 0 Å². The van der Waals surface area contributed by atoms with Crippen molar-refractivity contribution in [3.05, 3.63) is 35.5 Å². The number of hydrogen-bond donors (Lipinski definition) is 4. The van der Waals surface area contributed by atoms with E-state index in [0.717, 1.165) is 16.5 Å². The molecule has 1 aliphatic carbocycles. The fourth-order valence-electron chi connectivity index (χ4n) is 3.84. The average Bonchev–Trinajstić information content (AvgIpc) is 3.04. The van der Waals surface area contributed by atoms with Crippen molar-refractivity contribution in [3.8, 4) is 0 Å². The number of alkyl carbamates (subject to hydrolysis) is 1. The number of ether oxygens (including phenoxy) is 1. The molecular weight excluding hydrogens is 384 g/mol. The van der Waals surface area contributed by atoms with E-state index in [1.54, 1.807) is 20.8 Å². The molecule has 1 aromatic carbocycles. The fourth-order valence-corrected chi connectivity index (χ4v) is 3.84. The van der Waals surface area contributed by atoms with Gasteiger partial charge in [0.15, 0.2) is 0 Å². The molecule has 5 N–H and O–H groups in total. The number of primary amides is 1. The summed E-state index contributed by atoms with van der Waals surface area (Å²) in [5.74, 6) is -1.02.